The van der Waals surface area contributed by atoms with Crippen molar-refractivity contribution in [1.29, 1.82) is 0 Å². The van der Waals surface area contributed by atoms with Gasteiger partial charge in [0.15, 0.2) is 0 Å². The molecule has 0 spiro atoms. The Bertz CT molecular complexity index is 1080. The van der Waals surface area contributed by atoms with Crippen LogP contribution in [0, 0.1) is 0 Å². The molecule has 5 rings (SSSR count). The molecule has 140 valence electrons. The van der Waals surface area contributed by atoms with E-state index in [0.717, 1.165) is 48.2 Å². The zero-order chi connectivity index (χ0) is 19.1. The number of benzene rings is 1. The van der Waals surface area contributed by atoms with Crippen molar-refractivity contribution < 1.29 is 4.79 Å². The molecule has 1 aromatic carbocycles. The molecule has 1 amide bonds. The highest BCUT2D eigenvalue weighted by Crippen LogP contribution is 2.42. The third-order valence-electron chi connectivity index (χ3n) is 5.40. The molecule has 2 aromatic heterocycles. The molecule has 2 heterocycles. The summed E-state index contributed by atoms with van der Waals surface area (Å²) in [6, 6.07) is 8.38. The van der Waals surface area contributed by atoms with E-state index in [1.165, 1.54) is 5.56 Å². The first kappa shape index (κ1) is 16.9. The summed E-state index contributed by atoms with van der Waals surface area (Å²) in [7, 11) is 0. The Kier molecular flexibility index (Phi) is 4.04. The molecule has 28 heavy (non-hydrogen) atoms. The number of carbonyl (C=O) groups excluding carboxylic acids is 1. The fraction of sp³-hybridized carbons (Fsp3) is 0.273. The number of carbonyl (C=O) groups is 1. The Morgan fingerprint density at radius 1 is 1.21 bits per heavy atom. The highest BCUT2D eigenvalue weighted by molar-refractivity contribution is 5.95. The van der Waals surface area contributed by atoms with E-state index in [9.17, 15) is 4.79 Å². The summed E-state index contributed by atoms with van der Waals surface area (Å²) in [5, 5.41) is 7.33. The van der Waals surface area contributed by atoms with Crippen LogP contribution >= 0.6 is 0 Å². The minimum absolute atomic E-state index is 0.128. The van der Waals surface area contributed by atoms with Crippen molar-refractivity contribution in [3.8, 4) is 17.2 Å². The van der Waals surface area contributed by atoms with E-state index in [-0.39, 0.29) is 5.91 Å². The summed E-state index contributed by atoms with van der Waals surface area (Å²) in [6.45, 7) is 4.08. The van der Waals surface area contributed by atoms with Crippen LogP contribution in [0.3, 0.4) is 0 Å². The predicted octanol–water partition coefficient (Wildman–Crippen LogP) is 3.22. The Morgan fingerprint density at radius 3 is 2.86 bits per heavy atom. The number of hydrogen-bond acceptors (Lipinski definition) is 4. The number of rotatable bonds is 5. The number of hydrogen-bond donors (Lipinski definition) is 1. The van der Waals surface area contributed by atoms with Gasteiger partial charge in [-0.05, 0) is 36.8 Å². The molecule has 3 aromatic rings. The van der Waals surface area contributed by atoms with E-state index in [1.54, 1.807) is 17.0 Å². The van der Waals surface area contributed by atoms with Crippen molar-refractivity contribution in [3.05, 3.63) is 71.7 Å². The first-order valence-electron chi connectivity index (χ1n) is 9.68. The first-order valence-corrected chi connectivity index (χ1v) is 9.68. The number of aryl methyl sites for hydroxylation is 2. The molecule has 1 N–H and O–H groups in total. The van der Waals surface area contributed by atoms with E-state index in [1.807, 2.05) is 12.3 Å². The number of nitrogens with one attached hydrogen (secondary N) is 1. The highest BCUT2D eigenvalue weighted by Gasteiger charge is 2.33. The van der Waals surface area contributed by atoms with E-state index >= 15 is 0 Å². The number of amides is 1. The van der Waals surface area contributed by atoms with Gasteiger partial charge in [0.1, 0.15) is 0 Å². The summed E-state index contributed by atoms with van der Waals surface area (Å²) >= 11 is 0. The molecule has 0 radical (unpaired) electrons. The van der Waals surface area contributed by atoms with Gasteiger partial charge in [-0.2, -0.15) is 5.10 Å². The van der Waals surface area contributed by atoms with Crippen LogP contribution in [0.1, 0.15) is 45.9 Å². The molecule has 6 nitrogen and oxygen atoms in total. The van der Waals surface area contributed by atoms with Crippen molar-refractivity contribution >= 4 is 5.91 Å². The van der Waals surface area contributed by atoms with Crippen LogP contribution in [0.5, 0.6) is 0 Å². The maximum absolute atomic E-state index is 12.5. The lowest BCUT2D eigenvalue weighted by Gasteiger charge is -2.19. The Labute approximate surface area is 163 Å². The third-order valence-corrected chi connectivity index (χ3v) is 5.40. The molecule has 0 unspecified atom stereocenters. The predicted molar refractivity (Wildman–Crippen MR) is 107 cm³/mol. The van der Waals surface area contributed by atoms with Gasteiger partial charge in [-0.15, -0.1) is 6.58 Å². The summed E-state index contributed by atoms with van der Waals surface area (Å²) in [6.07, 6.45) is 9.27. The van der Waals surface area contributed by atoms with Gasteiger partial charge in [0, 0.05) is 24.2 Å². The molecule has 0 atom stereocenters. The standard InChI is InChI=1S/C22H21N5O/c1-2-11-23-21(28)18-13-25-27(20(18)15-8-9-15)22-24-12-16-10-7-14-5-3-4-6-17(14)19(16)26-22/h2-6,12-13,15H,1,7-11H2,(H,23,28). The summed E-state index contributed by atoms with van der Waals surface area (Å²) in [5.41, 5.74) is 6.12. The Morgan fingerprint density at radius 2 is 2.04 bits per heavy atom. The fourth-order valence-electron chi connectivity index (χ4n) is 3.86. The molecular formula is C22H21N5O. The summed E-state index contributed by atoms with van der Waals surface area (Å²) in [5.74, 6) is 0.732. The quantitative estimate of drug-likeness (QED) is 0.699. The van der Waals surface area contributed by atoms with E-state index in [2.05, 4.69) is 40.2 Å². The number of aromatic nitrogens is 4. The number of fused-ring (bicyclic) bond motifs is 3. The summed E-state index contributed by atoms with van der Waals surface area (Å²) < 4.78 is 1.75. The highest BCUT2D eigenvalue weighted by atomic mass is 16.1. The normalized spacial score (nSPS) is 14.9. The zero-order valence-electron chi connectivity index (χ0n) is 15.6. The van der Waals surface area contributed by atoms with Crippen molar-refractivity contribution in [3.63, 3.8) is 0 Å². The average Bonchev–Trinajstić information content (AvgIpc) is 3.49. The van der Waals surface area contributed by atoms with Crippen LogP contribution in [0.4, 0.5) is 0 Å². The zero-order valence-corrected chi connectivity index (χ0v) is 15.6. The van der Waals surface area contributed by atoms with Crippen LogP contribution in [0.2, 0.25) is 0 Å². The molecule has 0 aliphatic heterocycles. The van der Waals surface area contributed by atoms with Gasteiger partial charge < -0.3 is 5.32 Å². The maximum Gasteiger partial charge on any atom is 0.255 e. The number of nitrogens with zero attached hydrogens (tertiary/aromatic N) is 4. The molecule has 2 aliphatic rings. The van der Waals surface area contributed by atoms with Gasteiger partial charge in [-0.25, -0.2) is 14.6 Å². The molecule has 6 heteroatoms. The van der Waals surface area contributed by atoms with Gasteiger partial charge in [-0.1, -0.05) is 30.3 Å². The first-order chi connectivity index (χ1) is 13.8. The molecule has 1 saturated carbocycles. The van der Waals surface area contributed by atoms with Crippen molar-refractivity contribution in [2.45, 2.75) is 31.6 Å². The van der Waals surface area contributed by atoms with E-state index in [0.29, 0.717) is 24.0 Å². The fourth-order valence-corrected chi connectivity index (χ4v) is 3.86. The topological polar surface area (TPSA) is 72.7 Å². The monoisotopic (exact) mass is 371 g/mol. The van der Waals surface area contributed by atoms with Crippen LogP contribution in [-0.2, 0) is 12.8 Å². The lowest BCUT2D eigenvalue weighted by molar-refractivity contribution is 0.0957. The molecule has 1 fully saturated rings. The molecular weight excluding hydrogens is 350 g/mol. The maximum atomic E-state index is 12.5. The molecule has 0 bridgehead atoms. The summed E-state index contributed by atoms with van der Waals surface area (Å²) in [4.78, 5) is 22.0. The van der Waals surface area contributed by atoms with Gasteiger partial charge in [0.05, 0.1) is 23.1 Å². The third kappa shape index (κ3) is 2.81. The smallest absolute Gasteiger partial charge is 0.255 e. The second-order valence-electron chi connectivity index (χ2n) is 7.33. The Balaban J connectivity index is 1.59. The van der Waals surface area contributed by atoms with Crippen LogP contribution in [-0.4, -0.2) is 32.2 Å². The average molecular weight is 371 g/mol. The van der Waals surface area contributed by atoms with Crippen molar-refractivity contribution in [1.82, 2.24) is 25.1 Å². The SMILES string of the molecule is C=CCNC(=O)c1cnn(-c2ncc3c(n2)-c2ccccc2CC3)c1C1CC1. The van der Waals surface area contributed by atoms with Gasteiger partial charge in [0.25, 0.3) is 11.9 Å². The van der Waals surface area contributed by atoms with Gasteiger partial charge in [-0.3, -0.25) is 4.79 Å². The van der Waals surface area contributed by atoms with Crippen LogP contribution < -0.4 is 5.32 Å². The van der Waals surface area contributed by atoms with Crippen LogP contribution in [0.15, 0.2) is 49.3 Å². The van der Waals surface area contributed by atoms with Crippen molar-refractivity contribution in [2.75, 3.05) is 6.54 Å². The lowest BCUT2D eigenvalue weighted by atomic mass is 9.90. The Hall–Kier alpha value is -3.28. The molecule has 2 aliphatic carbocycles. The minimum atomic E-state index is -0.128. The van der Waals surface area contributed by atoms with E-state index in [4.69, 9.17) is 4.98 Å². The van der Waals surface area contributed by atoms with Gasteiger partial charge in [0.2, 0.25) is 0 Å². The largest absolute Gasteiger partial charge is 0.348 e. The molecule has 0 saturated heterocycles. The second kappa shape index (κ2) is 6.71. The van der Waals surface area contributed by atoms with Crippen LogP contribution in [0.25, 0.3) is 17.2 Å². The van der Waals surface area contributed by atoms with Gasteiger partial charge >= 0.3 is 0 Å². The van der Waals surface area contributed by atoms with Crippen molar-refractivity contribution in [2.24, 2.45) is 0 Å². The van der Waals surface area contributed by atoms with E-state index < -0.39 is 0 Å². The lowest BCUT2D eigenvalue weighted by Crippen LogP contribution is -2.24. The minimum Gasteiger partial charge on any atom is -0.348 e. The second-order valence-corrected chi connectivity index (χ2v) is 7.33.